The lowest BCUT2D eigenvalue weighted by atomic mass is 10.2. The first-order valence-electron chi connectivity index (χ1n) is 8.09. The van der Waals surface area contributed by atoms with Gasteiger partial charge in [-0.15, -0.1) is 11.3 Å². The number of imidazole rings is 1. The average Bonchev–Trinajstić information content (AvgIpc) is 3.25. The minimum atomic E-state index is -0.242. The van der Waals surface area contributed by atoms with Crippen molar-refractivity contribution in [3.05, 3.63) is 51.1 Å². The molecule has 1 aliphatic rings. The minimum absolute atomic E-state index is 0.00527. The number of aromatic nitrogens is 2. The van der Waals surface area contributed by atoms with Gasteiger partial charge in [0.05, 0.1) is 22.5 Å². The van der Waals surface area contributed by atoms with Crippen LogP contribution >= 0.6 is 11.3 Å². The van der Waals surface area contributed by atoms with Crippen molar-refractivity contribution in [2.45, 2.75) is 18.9 Å². The number of hydrogen-bond acceptors (Lipinski definition) is 3. The molecule has 24 heavy (non-hydrogen) atoms. The second-order valence-electron chi connectivity index (χ2n) is 6.18. The predicted octanol–water partition coefficient (Wildman–Crippen LogP) is 1.28. The van der Waals surface area contributed by atoms with Crippen molar-refractivity contribution >= 4 is 34.0 Å². The van der Waals surface area contributed by atoms with Crippen molar-refractivity contribution in [2.75, 3.05) is 18.4 Å². The van der Waals surface area contributed by atoms with Gasteiger partial charge in [0, 0.05) is 18.5 Å². The number of H-pyrrole nitrogens is 2. The van der Waals surface area contributed by atoms with Crippen LogP contribution in [0.1, 0.15) is 23.8 Å². The van der Waals surface area contributed by atoms with Gasteiger partial charge in [0.25, 0.3) is 5.91 Å². The molecule has 4 N–H and O–H groups in total. The van der Waals surface area contributed by atoms with Crippen LogP contribution in [-0.2, 0) is 4.79 Å². The molecule has 3 aromatic rings. The van der Waals surface area contributed by atoms with Crippen molar-refractivity contribution in [3.63, 3.8) is 0 Å². The smallest absolute Gasteiger partial charge is 0.321 e. The first-order valence-corrected chi connectivity index (χ1v) is 8.97. The van der Waals surface area contributed by atoms with Crippen LogP contribution in [0.15, 0.2) is 40.5 Å². The Hall–Kier alpha value is -2.38. The van der Waals surface area contributed by atoms with Crippen molar-refractivity contribution in [1.82, 2.24) is 9.97 Å². The van der Waals surface area contributed by atoms with Crippen LogP contribution in [0.2, 0.25) is 0 Å². The van der Waals surface area contributed by atoms with Crippen molar-refractivity contribution in [2.24, 2.45) is 0 Å². The molecule has 0 spiro atoms. The Balaban J connectivity index is 1.44. The van der Waals surface area contributed by atoms with Crippen LogP contribution in [0.3, 0.4) is 0 Å². The third-order valence-electron chi connectivity index (χ3n) is 4.56. The Morgan fingerprint density at radius 1 is 1.29 bits per heavy atom. The highest BCUT2D eigenvalue weighted by Gasteiger charge is 2.32. The zero-order chi connectivity index (χ0) is 16.5. The fourth-order valence-corrected chi connectivity index (χ4v) is 4.40. The zero-order valence-corrected chi connectivity index (χ0v) is 13.9. The molecule has 2 aromatic heterocycles. The summed E-state index contributed by atoms with van der Waals surface area (Å²) in [6.07, 6.45) is 2.29. The fourth-order valence-electron chi connectivity index (χ4n) is 3.48. The molecule has 1 unspecified atom stereocenters. The summed E-state index contributed by atoms with van der Waals surface area (Å²) in [6, 6.07) is 10.0. The summed E-state index contributed by atoms with van der Waals surface area (Å²) < 4.78 is 0. The zero-order valence-electron chi connectivity index (χ0n) is 13.1. The quantitative estimate of drug-likeness (QED) is 0.575. The number of likely N-dealkylation sites (tertiary alicyclic amines) is 1. The van der Waals surface area contributed by atoms with Gasteiger partial charge in [-0.1, -0.05) is 6.07 Å². The Morgan fingerprint density at radius 2 is 2.17 bits per heavy atom. The van der Waals surface area contributed by atoms with E-state index in [9.17, 15) is 9.59 Å². The van der Waals surface area contributed by atoms with Gasteiger partial charge >= 0.3 is 5.69 Å². The van der Waals surface area contributed by atoms with Gasteiger partial charge in [-0.3, -0.25) is 4.79 Å². The topological polar surface area (TPSA) is 82.2 Å². The van der Waals surface area contributed by atoms with E-state index >= 15 is 0 Å². The summed E-state index contributed by atoms with van der Waals surface area (Å²) in [4.78, 5) is 31.8. The third-order valence-corrected chi connectivity index (χ3v) is 5.54. The van der Waals surface area contributed by atoms with E-state index in [2.05, 4.69) is 32.8 Å². The molecule has 0 aliphatic carbocycles. The highest BCUT2D eigenvalue weighted by molar-refractivity contribution is 7.10. The van der Waals surface area contributed by atoms with Crippen LogP contribution in [0.25, 0.3) is 11.0 Å². The van der Waals surface area contributed by atoms with E-state index < -0.39 is 0 Å². The molecule has 1 aliphatic heterocycles. The van der Waals surface area contributed by atoms with E-state index in [1.165, 1.54) is 9.78 Å². The number of thiophene rings is 1. The van der Waals surface area contributed by atoms with Crippen LogP contribution < -0.4 is 15.9 Å². The second kappa shape index (κ2) is 6.26. The number of rotatable bonds is 4. The van der Waals surface area contributed by atoms with Gasteiger partial charge in [0.15, 0.2) is 6.54 Å². The molecule has 1 amide bonds. The van der Waals surface area contributed by atoms with Gasteiger partial charge in [0.1, 0.15) is 6.04 Å². The molecule has 124 valence electrons. The number of fused-ring (bicyclic) bond motifs is 1. The van der Waals surface area contributed by atoms with E-state index in [0.29, 0.717) is 23.8 Å². The maximum Gasteiger partial charge on any atom is 0.323 e. The monoisotopic (exact) mass is 343 g/mol. The van der Waals surface area contributed by atoms with E-state index in [4.69, 9.17) is 0 Å². The van der Waals surface area contributed by atoms with Crippen LogP contribution in [-0.4, -0.2) is 29.0 Å². The maximum absolute atomic E-state index is 12.4. The van der Waals surface area contributed by atoms with E-state index in [-0.39, 0.29) is 11.6 Å². The Kier molecular flexibility index (Phi) is 3.95. The molecule has 0 saturated carbocycles. The summed E-state index contributed by atoms with van der Waals surface area (Å²) in [6.45, 7) is 1.49. The maximum atomic E-state index is 12.4. The number of carbonyl (C=O) groups excluding carboxylic acids is 1. The number of anilines is 1. The van der Waals surface area contributed by atoms with Gasteiger partial charge in [-0.25, -0.2) is 4.79 Å². The Labute approximate surface area is 142 Å². The van der Waals surface area contributed by atoms with E-state index in [1.54, 1.807) is 29.5 Å². The van der Waals surface area contributed by atoms with Crippen molar-refractivity contribution in [1.29, 1.82) is 0 Å². The summed E-state index contributed by atoms with van der Waals surface area (Å²) in [7, 11) is 0. The SMILES string of the molecule is O=C(C[NH+]1CCC[C@@H]1c1cccs1)Nc1ccc2[nH]c(=O)[nH]c2c1. The lowest BCUT2D eigenvalue weighted by molar-refractivity contribution is -0.910. The molecule has 1 saturated heterocycles. The number of amides is 1. The summed E-state index contributed by atoms with van der Waals surface area (Å²) >= 11 is 1.77. The molecule has 0 bridgehead atoms. The largest absolute Gasteiger partial charge is 0.323 e. The molecule has 1 aromatic carbocycles. The highest BCUT2D eigenvalue weighted by Crippen LogP contribution is 2.23. The molecule has 7 heteroatoms. The number of quaternary nitrogens is 1. The Bertz CT molecular complexity index is 912. The summed E-state index contributed by atoms with van der Waals surface area (Å²) in [5.74, 6) is 0.00527. The first-order chi connectivity index (χ1) is 11.7. The molecule has 4 rings (SSSR count). The van der Waals surface area contributed by atoms with Gasteiger partial charge in [-0.05, 0) is 29.6 Å². The second-order valence-corrected chi connectivity index (χ2v) is 7.16. The molecular weight excluding hydrogens is 324 g/mol. The van der Waals surface area contributed by atoms with Crippen molar-refractivity contribution in [3.8, 4) is 0 Å². The lowest BCUT2D eigenvalue weighted by Crippen LogP contribution is -3.11. The fraction of sp³-hybridized carbons (Fsp3) is 0.294. The van der Waals surface area contributed by atoms with Crippen molar-refractivity contribution < 1.29 is 9.69 Å². The number of nitrogens with one attached hydrogen (secondary N) is 4. The minimum Gasteiger partial charge on any atom is -0.321 e. The molecule has 2 atom stereocenters. The molecule has 6 nitrogen and oxygen atoms in total. The van der Waals surface area contributed by atoms with Gasteiger partial charge in [-0.2, -0.15) is 0 Å². The summed E-state index contributed by atoms with van der Waals surface area (Å²) in [5, 5.41) is 5.04. The van der Waals surface area contributed by atoms with E-state index in [1.807, 2.05) is 0 Å². The van der Waals surface area contributed by atoms with Crippen LogP contribution in [0.5, 0.6) is 0 Å². The Morgan fingerprint density at radius 3 is 3.00 bits per heavy atom. The normalized spacial score (nSPS) is 20.5. The van der Waals surface area contributed by atoms with Crippen LogP contribution in [0.4, 0.5) is 5.69 Å². The molecular formula is C17H19N4O2S+. The standard InChI is InChI=1S/C17H18N4O2S/c22-16(10-21-7-1-3-14(21)15-4-2-8-24-15)18-11-5-6-12-13(9-11)20-17(23)19-12/h2,4-6,8-9,14H,1,3,7,10H2,(H,18,22)(H2,19,20,23)/p+1/t14-/m1/s1. The van der Waals surface area contributed by atoms with Gasteiger partial charge < -0.3 is 20.2 Å². The lowest BCUT2D eigenvalue weighted by Gasteiger charge is -2.20. The molecule has 3 heterocycles. The third kappa shape index (κ3) is 3.00. The number of aromatic amines is 2. The van der Waals surface area contributed by atoms with E-state index in [0.717, 1.165) is 24.9 Å². The highest BCUT2D eigenvalue weighted by atomic mass is 32.1. The number of hydrogen-bond donors (Lipinski definition) is 4. The predicted molar refractivity (Wildman–Crippen MR) is 94.5 cm³/mol. The summed E-state index contributed by atoms with van der Waals surface area (Å²) in [5.41, 5.74) is 1.89. The average molecular weight is 343 g/mol. The molecule has 1 fully saturated rings. The molecule has 0 radical (unpaired) electrons. The first kappa shape index (κ1) is 15.2. The number of benzene rings is 1. The van der Waals surface area contributed by atoms with Gasteiger partial charge in [0.2, 0.25) is 0 Å². The number of carbonyl (C=O) groups is 1. The van der Waals surface area contributed by atoms with Crippen LogP contribution in [0, 0.1) is 0 Å².